The fraction of sp³-hybridized carbons (Fsp3) is 0.412. The van der Waals surface area contributed by atoms with Crippen LogP contribution in [0.2, 0.25) is 0 Å². The number of guanidine groups is 1. The van der Waals surface area contributed by atoms with Crippen molar-refractivity contribution in [1.82, 2.24) is 20.0 Å². The molecule has 2 aromatic rings. The molecular weight excluding hydrogens is 354 g/mol. The number of benzene rings is 1. The first-order chi connectivity index (χ1) is 11.2. The summed E-state index contributed by atoms with van der Waals surface area (Å²) in [6.07, 6.45) is 4.76. The molecule has 2 rings (SSSR count). The van der Waals surface area contributed by atoms with Crippen molar-refractivity contribution in [2.24, 2.45) is 4.99 Å². The molecule has 6 heteroatoms. The zero-order valence-electron chi connectivity index (χ0n) is 13.7. The summed E-state index contributed by atoms with van der Waals surface area (Å²) in [6.45, 7) is 5.43. The number of aryl methyl sites for hydroxylation is 1. The Morgan fingerprint density at radius 1 is 1.35 bits per heavy atom. The lowest BCUT2D eigenvalue weighted by Crippen LogP contribution is -2.38. The van der Waals surface area contributed by atoms with E-state index in [1.807, 2.05) is 23.0 Å². The van der Waals surface area contributed by atoms with Crippen molar-refractivity contribution in [2.75, 3.05) is 20.1 Å². The quantitative estimate of drug-likeness (QED) is 0.458. The van der Waals surface area contributed by atoms with Crippen LogP contribution in [0.15, 0.2) is 52.2 Å². The third-order valence-electron chi connectivity index (χ3n) is 3.43. The average Bonchev–Trinajstić information content (AvgIpc) is 3.06. The maximum Gasteiger partial charge on any atom is 0.193 e. The first-order valence-corrected chi connectivity index (χ1v) is 8.70. The van der Waals surface area contributed by atoms with Crippen LogP contribution in [0, 0.1) is 0 Å². The van der Waals surface area contributed by atoms with Gasteiger partial charge in [-0.1, -0.05) is 34.1 Å². The standard InChI is InChI=1S/C17H24BrN5/c1-3-19-17(20-10-6-12-23-13-7-11-21-23)22(2)14-15-8-4-5-9-16(15)18/h4-5,7-9,11,13H,3,6,10,12,14H2,1-2H3,(H,19,20). The van der Waals surface area contributed by atoms with Crippen LogP contribution < -0.4 is 5.32 Å². The molecule has 1 N–H and O–H groups in total. The van der Waals surface area contributed by atoms with E-state index < -0.39 is 0 Å². The zero-order valence-corrected chi connectivity index (χ0v) is 15.3. The van der Waals surface area contributed by atoms with Crippen LogP contribution in [0.5, 0.6) is 0 Å². The average molecular weight is 378 g/mol. The van der Waals surface area contributed by atoms with Gasteiger partial charge in [-0.3, -0.25) is 9.67 Å². The Morgan fingerprint density at radius 3 is 2.87 bits per heavy atom. The van der Waals surface area contributed by atoms with Gasteiger partial charge in [0.1, 0.15) is 0 Å². The van der Waals surface area contributed by atoms with Gasteiger partial charge in [-0.05, 0) is 31.0 Å². The summed E-state index contributed by atoms with van der Waals surface area (Å²) in [7, 11) is 2.06. The fourth-order valence-electron chi connectivity index (χ4n) is 2.28. The molecule has 5 nitrogen and oxygen atoms in total. The van der Waals surface area contributed by atoms with E-state index in [4.69, 9.17) is 4.99 Å². The summed E-state index contributed by atoms with van der Waals surface area (Å²) in [5, 5.41) is 7.56. The minimum atomic E-state index is 0.780. The molecule has 0 bridgehead atoms. The van der Waals surface area contributed by atoms with Crippen LogP contribution in [0.4, 0.5) is 0 Å². The SMILES string of the molecule is CCNC(=NCCCn1cccn1)N(C)Cc1ccccc1Br. The van der Waals surface area contributed by atoms with Gasteiger partial charge in [-0.15, -0.1) is 0 Å². The molecule has 0 spiro atoms. The molecule has 0 saturated heterocycles. The van der Waals surface area contributed by atoms with E-state index in [0.29, 0.717) is 0 Å². The van der Waals surface area contributed by atoms with Crippen molar-refractivity contribution in [3.8, 4) is 0 Å². The van der Waals surface area contributed by atoms with Gasteiger partial charge >= 0.3 is 0 Å². The van der Waals surface area contributed by atoms with E-state index >= 15 is 0 Å². The predicted octanol–water partition coefficient (Wildman–Crippen LogP) is 3.13. The molecule has 0 amide bonds. The maximum atomic E-state index is 4.71. The van der Waals surface area contributed by atoms with Gasteiger partial charge in [-0.25, -0.2) is 0 Å². The minimum absolute atomic E-state index is 0.780. The molecule has 0 aliphatic rings. The van der Waals surface area contributed by atoms with Gasteiger partial charge in [-0.2, -0.15) is 5.10 Å². The lowest BCUT2D eigenvalue weighted by atomic mass is 10.2. The Morgan fingerprint density at radius 2 is 2.17 bits per heavy atom. The molecule has 124 valence electrons. The number of nitrogens with one attached hydrogen (secondary N) is 1. The lowest BCUT2D eigenvalue weighted by molar-refractivity contribution is 0.474. The Hall–Kier alpha value is -1.82. The molecule has 0 aliphatic carbocycles. The highest BCUT2D eigenvalue weighted by molar-refractivity contribution is 9.10. The third kappa shape index (κ3) is 5.71. The summed E-state index contributed by atoms with van der Waals surface area (Å²) < 4.78 is 3.06. The minimum Gasteiger partial charge on any atom is -0.357 e. The molecular formula is C17H24BrN5. The van der Waals surface area contributed by atoms with E-state index in [9.17, 15) is 0 Å². The summed E-state index contributed by atoms with van der Waals surface area (Å²) >= 11 is 3.60. The first-order valence-electron chi connectivity index (χ1n) is 7.91. The van der Waals surface area contributed by atoms with E-state index in [0.717, 1.165) is 43.0 Å². The Balaban J connectivity index is 1.90. The van der Waals surface area contributed by atoms with Gasteiger partial charge in [0.2, 0.25) is 0 Å². The number of hydrogen-bond acceptors (Lipinski definition) is 2. The monoisotopic (exact) mass is 377 g/mol. The van der Waals surface area contributed by atoms with Crippen molar-refractivity contribution in [3.05, 3.63) is 52.8 Å². The van der Waals surface area contributed by atoms with Crippen LogP contribution in [0.3, 0.4) is 0 Å². The number of hydrogen-bond donors (Lipinski definition) is 1. The topological polar surface area (TPSA) is 45.5 Å². The Labute approximate surface area is 146 Å². The summed E-state index contributed by atoms with van der Waals surface area (Å²) in [5.74, 6) is 0.934. The van der Waals surface area contributed by atoms with Crippen LogP contribution in [0.25, 0.3) is 0 Å². The van der Waals surface area contributed by atoms with E-state index in [1.165, 1.54) is 5.56 Å². The second-order valence-corrected chi connectivity index (χ2v) is 6.16. The molecule has 1 aromatic carbocycles. The van der Waals surface area contributed by atoms with Gasteiger partial charge in [0.05, 0.1) is 0 Å². The molecule has 0 atom stereocenters. The fourth-order valence-corrected chi connectivity index (χ4v) is 2.69. The van der Waals surface area contributed by atoms with Gasteiger partial charge in [0.15, 0.2) is 5.96 Å². The van der Waals surface area contributed by atoms with Gasteiger partial charge in [0, 0.05) is 50.1 Å². The Kier molecular flexibility index (Phi) is 7.13. The van der Waals surface area contributed by atoms with Crippen molar-refractivity contribution < 1.29 is 0 Å². The molecule has 1 aromatic heterocycles. The van der Waals surface area contributed by atoms with Crippen molar-refractivity contribution in [1.29, 1.82) is 0 Å². The zero-order chi connectivity index (χ0) is 16.5. The first kappa shape index (κ1) is 17.5. The number of aromatic nitrogens is 2. The maximum absolute atomic E-state index is 4.71. The largest absolute Gasteiger partial charge is 0.357 e. The molecule has 23 heavy (non-hydrogen) atoms. The van der Waals surface area contributed by atoms with Crippen molar-refractivity contribution >= 4 is 21.9 Å². The summed E-state index contributed by atoms with van der Waals surface area (Å²) in [6, 6.07) is 10.2. The van der Waals surface area contributed by atoms with Crippen molar-refractivity contribution in [2.45, 2.75) is 26.4 Å². The smallest absolute Gasteiger partial charge is 0.193 e. The molecule has 0 fully saturated rings. The van der Waals surface area contributed by atoms with E-state index in [2.05, 4.69) is 63.4 Å². The van der Waals surface area contributed by atoms with E-state index in [1.54, 1.807) is 6.20 Å². The van der Waals surface area contributed by atoms with Crippen LogP contribution >= 0.6 is 15.9 Å². The van der Waals surface area contributed by atoms with Crippen LogP contribution in [-0.2, 0) is 13.1 Å². The molecule has 0 radical (unpaired) electrons. The van der Waals surface area contributed by atoms with Crippen LogP contribution in [0.1, 0.15) is 18.9 Å². The van der Waals surface area contributed by atoms with E-state index in [-0.39, 0.29) is 0 Å². The highest BCUT2D eigenvalue weighted by Gasteiger charge is 2.08. The lowest BCUT2D eigenvalue weighted by Gasteiger charge is -2.22. The third-order valence-corrected chi connectivity index (χ3v) is 4.20. The number of aliphatic imine (C=N–C) groups is 1. The molecule has 0 aliphatic heterocycles. The summed E-state index contributed by atoms with van der Waals surface area (Å²) in [4.78, 5) is 6.86. The van der Waals surface area contributed by atoms with Gasteiger partial charge in [0.25, 0.3) is 0 Å². The second-order valence-electron chi connectivity index (χ2n) is 5.31. The normalized spacial score (nSPS) is 11.5. The highest BCUT2D eigenvalue weighted by atomic mass is 79.9. The number of rotatable bonds is 7. The molecule has 0 unspecified atom stereocenters. The van der Waals surface area contributed by atoms with Crippen LogP contribution in [-0.4, -0.2) is 40.8 Å². The Bertz CT molecular complexity index is 609. The predicted molar refractivity (Wildman–Crippen MR) is 98.4 cm³/mol. The molecule has 0 saturated carbocycles. The second kappa shape index (κ2) is 9.35. The van der Waals surface area contributed by atoms with Crippen molar-refractivity contribution in [3.63, 3.8) is 0 Å². The highest BCUT2D eigenvalue weighted by Crippen LogP contribution is 2.17. The summed E-state index contributed by atoms with van der Waals surface area (Å²) in [5.41, 5.74) is 1.25. The molecule has 1 heterocycles. The van der Waals surface area contributed by atoms with Gasteiger partial charge < -0.3 is 10.2 Å². The number of halogens is 1. The number of nitrogens with zero attached hydrogens (tertiary/aromatic N) is 4.